The lowest BCUT2D eigenvalue weighted by atomic mass is 10.0. The summed E-state index contributed by atoms with van der Waals surface area (Å²) in [5.74, 6) is 1.85. The van der Waals surface area contributed by atoms with Gasteiger partial charge in [-0.05, 0) is 52.0 Å². The highest BCUT2D eigenvalue weighted by Gasteiger charge is 2.23. The summed E-state index contributed by atoms with van der Waals surface area (Å²) in [5, 5.41) is 1.13. The Morgan fingerprint density at radius 2 is 1.57 bits per heavy atom. The average molecular weight is 419 g/mol. The molecule has 4 nitrogen and oxygen atoms in total. The molecule has 4 rings (SSSR count). The van der Waals surface area contributed by atoms with Crippen molar-refractivity contribution < 1.29 is 0 Å². The van der Waals surface area contributed by atoms with E-state index >= 15 is 0 Å². The normalized spacial score (nSPS) is 15.0. The molecule has 28 heavy (non-hydrogen) atoms. The number of likely N-dealkylation sites (tertiary alicyclic amines) is 1. The van der Waals surface area contributed by atoms with Crippen molar-refractivity contribution in [2.45, 2.75) is 25.8 Å². The van der Waals surface area contributed by atoms with Gasteiger partial charge >= 0.3 is 0 Å². The van der Waals surface area contributed by atoms with Gasteiger partial charge in [0.1, 0.15) is 5.82 Å². The van der Waals surface area contributed by atoms with Crippen LogP contribution in [0, 0.1) is 6.92 Å². The zero-order valence-electron chi connectivity index (χ0n) is 16.6. The summed E-state index contributed by atoms with van der Waals surface area (Å²) in [4.78, 5) is 14.6. The molecular weight excluding hydrogens is 391 g/mol. The third-order valence-corrected chi connectivity index (χ3v) is 5.46. The zero-order valence-corrected chi connectivity index (χ0v) is 18.3. The second kappa shape index (κ2) is 9.55. The van der Waals surface area contributed by atoms with E-state index in [0.29, 0.717) is 6.04 Å². The Kier molecular flexibility index (Phi) is 7.64. The van der Waals surface area contributed by atoms with Crippen molar-refractivity contribution in [1.29, 1.82) is 0 Å². The second-order valence-corrected chi connectivity index (χ2v) is 7.40. The van der Waals surface area contributed by atoms with Crippen molar-refractivity contribution >= 4 is 41.5 Å². The van der Waals surface area contributed by atoms with E-state index < -0.39 is 0 Å². The molecule has 0 bridgehead atoms. The first-order valence-electron chi connectivity index (χ1n) is 9.37. The fraction of sp³-hybridized carbons (Fsp3) is 0.364. The van der Waals surface area contributed by atoms with Crippen LogP contribution in [0.2, 0.25) is 0 Å². The Balaban J connectivity index is 0.00000140. The van der Waals surface area contributed by atoms with Crippen molar-refractivity contribution in [2.75, 3.05) is 32.1 Å². The first kappa shape index (κ1) is 22.4. The minimum Gasteiger partial charge on any atom is -0.356 e. The third kappa shape index (κ3) is 4.57. The number of nitrogens with zero attached hydrogens (tertiary/aromatic N) is 4. The van der Waals surface area contributed by atoms with Gasteiger partial charge in [0, 0.05) is 24.0 Å². The van der Waals surface area contributed by atoms with Gasteiger partial charge in [-0.15, -0.1) is 24.8 Å². The quantitative estimate of drug-likeness (QED) is 0.600. The van der Waals surface area contributed by atoms with E-state index in [0.717, 1.165) is 41.2 Å². The summed E-state index contributed by atoms with van der Waals surface area (Å²) in [6.45, 7) is 4.38. The smallest absolute Gasteiger partial charge is 0.162 e. The van der Waals surface area contributed by atoms with Crippen LogP contribution >= 0.6 is 24.8 Å². The number of hydrogen-bond acceptors (Lipinski definition) is 4. The summed E-state index contributed by atoms with van der Waals surface area (Å²) in [6.07, 6.45) is 2.34. The van der Waals surface area contributed by atoms with Gasteiger partial charge in [0.05, 0.1) is 5.52 Å². The lowest BCUT2D eigenvalue weighted by Crippen LogP contribution is -2.42. The molecule has 0 amide bonds. The number of aryl methyl sites for hydroxylation is 1. The van der Waals surface area contributed by atoms with Crippen LogP contribution in [0.25, 0.3) is 22.3 Å². The third-order valence-electron chi connectivity index (χ3n) is 5.46. The molecule has 1 aliphatic rings. The van der Waals surface area contributed by atoms with Crippen LogP contribution < -0.4 is 4.90 Å². The maximum absolute atomic E-state index is 5.00. The molecule has 0 radical (unpaired) electrons. The SMILES string of the molecule is Cc1ccc(-c2nc(N(C)C3CCN(C)CC3)c3ccccc3n2)cc1.Cl.Cl. The molecule has 0 atom stereocenters. The standard InChI is InChI=1S/C22H26N4.2ClH/c1-16-8-10-17(11-9-16)21-23-20-7-5-4-6-19(20)22(24-21)26(3)18-12-14-25(2)15-13-18;;/h4-11,18H,12-15H2,1-3H3;2*1H. The van der Waals surface area contributed by atoms with E-state index in [9.17, 15) is 0 Å². The number of anilines is 1. The number of halogens is 2. The maximum atomic E-state index is 5.00. The van der Waals surface area contributed by atoms with Gasteiger partial charge in [-0.25, -0.2) is 9.97 Å². The van der Waals surface area contributed by atoms with Gasteiger partial charge in [-0.1, -0.05) is 42.0 Å². The summed E-state index contributed by atoms with van der Waals surface area (Å²) in [5.41, 5.74) is 3.32. The summed E-state index contributed by atoms with van der Waals surface area (Å²) >= 11 is 0. The molecule has 2 aromatic carbocycles. The van der Waals surface area contributed by atoms with Gasteiger partial charge in [0.25, 0.3) is 0 Å². The number of benzene rings is 2. The molecule has 3 aromatic rings. The van der Waals surface area contributed by atoms with Crippen molar-refractivity contribution in [3.05, 3.63) is 54.1 Å². The predicted octanol–water partition coefficient (Wildman–Crippen LogP) is 4.98. The van der Waals surface area contributed by atoms with Gasteiger partial charge < -0.3 is 9.80 Å². The minimum absolute atomic E-state index is 0. The number of para-hydroxylation sites is 1. The minimum atomic E-state index is 0. The molecule has 150 valence electrons. The molecule has 6 heteroatoms. The van der Waals surface area contributed by atoms with Crippen molar-refractivity contribution in [2.24, 2.45) is 0 Å². The van der Waals surface area contributed by atoms with E-state index in [1.807, 2.05) is 6.07 Å². The lowest BCUT2D eigenvalue weighted by Gasteiger charge is -2.36. The maximum Gasteiger partial charge on any atom is 0.162 e. The molecule has 0 spiro atoms. The summed E-state index contributed by atoms with van der Waals surface area (Å²) in [7, 11) is 4.38. The van der Waals surface area contributed by atoms with Crippen LogP contribution in [0.5, 0.6) is 0 Å². The van der Waals surface area contributed by atoms with Crippen LogP contribution in [-0.4, -0.2) is 48.1 Å². The van der Waals surface area contributed by atoms with Gasteiger partial charge in [-0.2, -0.15) is 0 Å². The van der Waals surface area contributed by atoms with Gasteiger partial charge in [0.15, 0.2) is 5.82 Å². The van der Waals surface area contributed by atoms with Gasteiger partial charge in [0.2, 0.25) is 0 Å². The molecule has 1 aromatic heterocycles. The monoisotopic (exact) mass is 418 g/mol. The molecule has 1 aliphatic heterocycles. The molecule has 0 aliphatic carbocycles. The summed E-state index contributed by atoms with van der Waals surface area (Å²) < 4.78 is 0. The van der Waals surface area contributed by atoms with Crippen LogP contribution in [0.4, 0.5) is 5.82 Å². The van der Waals surface area contributed by atoms with Crippen LogP contribution in [0.1, 0.15) is 18.4 Å². The topological polar surface area (TPSA) is 32.3 Å². The predicted molar refractivity (Wildman–Crippen MR) is 123 cm³/mol. The highest BCUT2D eigenvalue weighted by atomic mass is 35.5. The Bertz CT molecular complexity index is 906. The van der Waals surface area contributed by atoms with E-state index in [2.05, 4.69) is 73.3 Å². The van der Waals surface area contributed by atoms with E-state index in [1.54, 1.807) is 0 Å². The number of rotatable bonds is 3. The average Bonchev–Trinajstić information content (AvgIpc) is 2.68. The Labute approximate surface area is 179 Å². The lowest BCUT2D eigenvalue weighted by molar-refractivity contribution is 0.252. The second-order valence-electron chi connectivity index (χ2n) is 7.40. The first-order chi connectivity index (χ1) is 12.6. The molecule has 0 N–H and O–H groups in total. The molecule has 1 saturated heterocycles. The number of hydrogen-bond donors (Lipinski definition) is 0. The number of aromatic nitrogens is 2. The molecular formula is C22H28Cl2N4. The Hall–Kier alpha value is -1.88. The van der Waals surface area contributed by atoms with E-state index in [-0.39, 0.29) is 24.8 Å². The van der Waals surface area contributed by atoms with Crippen molar-refractivity contribution in [1.82, 2.24) is 14.9 Å². The first-order valence-corrected chi connectivity index (χ1v) is 9.37. The Morgan fingerprint density at radius 1 is 0.929 bits per heavy atom. The molecule has 2 heterocycles. The van der Waals surface area contributed by atoms with Crippen LogP contribution in [0.3, 0.4) is 0 Å². The zero-order chi connectivity index (χ0) is 18.1. The molecule has 0 saturated carbocycles. The largest absolute Gasteiger partial charge is 0.356 e. The number of piperidine rings is 1. The number of fused-ring (bicyclic) bond motifs is 1. The highest BCUT2D eigenvalue weighted by Crippen LogP contribution is 2.30. The van der Waals surface area contributed by atoms with Gasteiger partial charge in [-0.3, -0.25) is 0 Å². The molecule has 0 unspecified atom stereocenters. The fourth-order valence-corrected chi connectivity index (χ4v) is 3.72. The van der Waals surface area contributed by atoms with Crippen molar-refractivity contribution in [3.63, 3.8) is 0 Å². The van der Waals surface area contributed by atoms with Crippen LogP contribution in [-0.2, 0) is 0 Å². The van der Waals surface area contributed by atoms with E-state index in [4.69, 9.17) is 9.97 Å². The molecule has 1 fully saturated rings. The van der Waals surface area contributed by atoms with Crippen LogP contribution in [0.15, 0.2) is 48.5 Å². The Morgan fingerprint density at radius 3 is 2.25 bits per heavy atom. The van der Waals surface area contributed by atoms with E-state index in [1.165, 1.54) is 18.4 Å². The highest BCUT2D eigenvalue weighted by molar-refractivity contribution is 5.91. The summed E-state index contributed by atoms with van der Waals surface area (Å²) in [6, 6.07) is 17.3. The fourth-order valence-electron chi connectivity index (χ4n) is 3.72. The van der Waals surface area contributed by atoms with Crippen molar-refractivity contribution in [3.8, 4) is 11.4 Å².